The van der Waals surface area contributed by atoms with Crippen LogP contribution in [0.15, 0.2) is 53.9 Å². The predicted molar refractivity (Wildman–Crippen MR) is 125 cm³/mol. The van der Waals surface area contributed by atoms with Crippen molar-refractivity contribution in [3.05, 3.63) is 81.0 Å². The number of hydrogen-bond acceptors (Lipinski definition) is 5. The molecule has 1 heterocycles. The monoisotopic (exact) mass is 487 g/mol. The largest absolute Gasteiger partial charge is 0.483 e. The lowest BCUT2D eigenvalue weighted by molar-refractivity contribution is 0.0889. The topological polar surface area (TPSA) is 80.3 Å². The number of amides is 2. The SMILES string of the molecule is O=C(NC1CCC(NC(=O)c2csc(COc3ccccc3F)n2)CC1)c1cccc(Cl)c1. The number of carbonyl (C=O) groups is 2. The van der Waals surface area contributed by atoms with E-state index in [2.05, 4.69) is 15.6 Å². The van der Waals surface area contributed by atoms with Gasteiger partial charge in [0, 0.05) is 28.0 Å². The van der Waals surface area contributed by atoms with Crippen molar-refractivity contribution in [1.82, 2.24) is 15.6 Å². The van der Waals surface area contributed by atoms with Crippen LogP contribution in [-0.4, -0.2) is 28.9 Å². The molecule has 2 N–H and O–H groups in total. The van der Waals surface area contributed by atoms with Crippen LogP contribution in [-0.2, 0) is 6.61 Å². The highest BCUT2D eigenvalue weighted by Gasteiger charge is 2.25. The van der Waals surface area contributed by atoms with Gasteiger partial charge in [0.05, 0.1) is 0 Å². The van der Waals surface area contributed by atoms with Gasteiger partial charge in [-0.1, -0.05) is 29.8 Å². The number of nitrogens with one attached hydrogen (secondary N) is 2. The van der Waals surface area contributed by atoms with Crippen LogP contribution >= 0.6 is 22.9 Å². The van der Waals surface area contributed by atoms with Crippen LogP contribution in [0.2, 0.25) is 5.02 Å². The summed E-state index contributed by atoms with van der Waals surface area (Å²) in [5.41, 5.74) is 0.861. The first kappa shape index (κ1) is 23.2. The molecule has 3 aromatic rings. The first-order valence-electron chi connectivity index (χ1n) is 10.7. The Morgan fingerprint density at radius 1 is 1.03 bits per heavy atom. The Morgan fingerprint density at radius 2 is 1.73 bits per heavy atom. The maximum absolute atomic E-state index is 13.7. The third-order valence-corrected chi connectivity index (χ3v) is 6.51. The van der Waals surface area contributed by atoms with Gasteiger partial charge in [0.15, 0.2) is 11.6 Å². The molecule has 6 nitrogen and oxygen atoms in total. The number of aromatic nitrogens is 1. The molecular formula is C24H23ClFN3O3S. The lowest BCUT2D eigenvalue weighted by Gasteiger charge is -2.29. The fourth-order valence-corrected chi connectivity index (χ4v) is 4.60. The number of ether oxygens (including phenoxy) is 1. The van der Waals surface area contributed by atoms with Crippen LogP contribution in [0.5, 0.6) is 5.75 Å². The number of para-hydroxylation sites is 1. The van der Waals surface area contributed by atoms with Crippen molar-refractivity contribution in [2.24, 2.45) is 0 Å². The number of halogens is 2. The van der Waals surface area contributed by atoms with Crippen LogP contribution in [0, 0.1) is 5.82 Å². The molecule has 1 aliphatic rings. The summed E-state index contributed by atoms with van der Waals surface area (Å²) in [7, 11) is 0. The minimum absolute atomic E-state index is 0.0247. The Bertz CT molecular complexity index is 1130. The molecule has 0 aliphatic heterocycles. The zero-order chi connectivity index (χ0) is 23.2. The molecule has 0 saturated heterocycles. The second kappa shape index (κ2) is 10.8. The quantitative estimate of drug-likeness (QED) is 0.492. The molecule has 0 spiro atoms. The summed E-state index contributed by atoms with van der Waals surface area (Å²) in [4.78, 5) is 29.3. The van der Waals surface area contributed by atoms with Crippen molar-refractivity contribution >= 4 is 34.8 Å². The summed E-state index contributed by atoms with van der Waals surface area (Å²) in [6.45, 7) is 0.0936. The van der Waals surface area contributed by atoms with E-state index in [1.54, 1.807) is 47.8 Å². The molecule has 4 rings (SSSR count). The average Bonchev–Trinajstić information content (AvgIpc) is 3.29. The van der Waals surface area contributed by atoms with Gasteiger partial charge in [0.1, 0.15) is 17.3 Å². The molecule has 1 saturated carbocycles. The maximum atomic E-state index is 13.7. The Labute approximate surface area is 200 Å². The summed E-state index contributed by atoms with van der Waals surface area (Å²) < 4.78 is 19.1. The summed E-state index contributed by atoms with van der Waals surface area (Å²) in [5, 5.41) is 8.85. The van der Waals surface area contributed by atoms with E-state index in [1.807, 2.05) is 0 Å². The van der Waals surface area contributed by atoms with E-state index in [9.17, 15) is 14.0 Å². The first-order valence-corrected chi connectivity index (χ1v) is 11.9. The highest BCUT2D eigenvalue weighted by molar-refractivity contribution is 7.09. The third kappa shape index (κ3) is 6.30. The normalized spacial score (nSPS) is 17.9. The van der Waals surface area contributed by atoms with Gasteiger partial charge in [0.25, 0.3) is 11.8 Å². The van der Waals surface area contributed by atoms with Crippen molar-refractivity contribution < 1.29 is 18.7 Å². The van der Waals surface area contributed by atoms with Gasteiger partial charge < -0.3 is 15.4 Å². The first-order chi connectivity index (χ1) is 16.0. The molecule has 0 atom stereocenters. The number of hydrogen-bond donors (Lipinski definition) is 2. The molecule has 1 aliphatic carbocycles. The highest BCUT2D eigenvalue weighted by atomic mass is 35.5. The smallest absolute Gasteiger partial charge is 0.270 e. The van der Waals surface area contributed by atoms with E-state index in [4.69, 9.17) is 16.3 Å². The summed E-state index contributed by atoms with van der Waals surface area (Å²) in [6.07, 6.45) is 3.07. The number of rotatable bonds is 7. The van der Waals surface area contributed by atoms with Gasteiger partial charge in [-0.15, -0.1) is 11.3 Å². The van der Waals surface area contributed by atoms with Gasteiger partial charge in [-0.3, -0.25) is 9.59 Å². The summed E-state index contributed by atoms with van der Waals surface area (Å²) in [5.74, 6) is -0.670. The van der Waals surface area contributed by atoms with E-state index in [0.717, 1.165) is 25.7 Å². The molecule has 0 unspecified atom stereocenters. The van der Waals surface area contributed by atoms with Crippen molar-refractivity contribution in [3.8, 4) is 5.75 Å². The molecule has 1 fully saturated rings. The molecule has 172 valence electrons. The fraction of sp³-hybridized carbons (Fsp3) is 0.292. The number of carbonyl (C=O) groups excluding carboxylic acids is 2. The van der Waals surface area contributed by atoms with Crippen LogP contribution in [0.25, 0.3) is 0 Å². The third-order valence-electron chi connectivity index (χ3n) is 5.46. The second-order valence-corrected chi connectivity index (χ2v) is 9.23. The number of nitrogens with zero attached hydrogens (tertiary/aromatic N) is 1. The Hall–Kier alpha value is -2.97. The van der Waals surface area contributed by atoms with E-state index in [1.165, 1.54) is 17.4 Å². The molecule has 33 heavy (non-hydrogen) atoms. The van der Waals surface area contributed by atoms with Crippen molar-refractivity contribution in [2.75, 3.05) is 0 Å². The van der Waals surface area contributed by atoms with Crippen LogP contribution in [0.1, 0.15) is 51.5 Å². The summed E-state index contributed by atoms with van der Waals surface area (Å²) >= 11 is 7.25. The average molecular weight is 488 g/mol. The lowest BCUT2D eigenvalue weighted by Crippen LogP contribution is -2.43. The van der Waals surface area contributed by atoms with Gasteiger partial charge >= 0.3 is 0 Å². The fourth-order valence-electron chi connectivity index (χ4n) is 3.72. The minimum atomic E-state index is -0.439. The molecule has 2 amide bonds. The highest BCUT2D eigenvalue weighted by Crippen LogP contribution is 2.21. The van der Waals surface area contributed by atoms with Gasteiger partial charge in [0.2, 0.25) is 0 Å². The Balaban J connectivity index is 1.22. The van der Waals surface area contributed by atoms with Gasteiger partial charge in [-0.25, -0.2) is 9.37 Å². The van der Waals surface area contributed by atoms with E-state index in [0.29, 0.717) is 21.3 Å². The second-order valence-electron chi connectivity index (χ2n) is 7.85. The molecule has 9 heteroatoms. The predicted octanol–water partition coefficient (Wildman–Crippen LogP) is 4.99. The Morgan fingerprint density at radius 3 is 2.42 bits per heavy atom. The Kier molecular flexibility index (Phi) is 7.57. The van der Waals surface area contributed by atoms with Crippen molar-refractivity contribution in [3.63, 3.8) is 0 Å². The van der Waals surface area contributed by atoms with Crippen molar-refractivity contribution in [2.45, 2.75) is 44.4 Å². The van der Waals surface area contributed by atoms with E-state index < -0.39 is 5.82 Å². The van der Waals surface area contributed by atoms with Gasteiger partial charge in [-0.05, 0) is 56.0 Å². The minimum Gasteiger partial charge on any atom is -0.483 e. The van der Waals surface area contributed by atoms with E-state index >= 15 is 0 Å². The van der Waals surface area contributed by atoms with Crippen LogP contribution < -0.4 is 15.4 Å². The standard InChI is InChI=1S/C24H23ClFN3O3S/c25-16-5-3-4-15(12-16)23(30)27-17-8-10-18(11-9-17)28-24(31)20-14-33-22(29-20)13-32-21-7-2-1-6-19(21)26/h1-7,12,14,17-18H,8-11,13H2,(H,27,30)(H,28,31). The summed E-state index contributed by atoms with van der Waals surface area (Å²) in [6, 6.07) is 13.1. The zero-order valence-electron chi connectivity index (χ0n) is 17.7. The van der Waals surface area contributed by atoms with Crippen LogP contribution in [0.4, 0.5) is 4.39 Å². The van der Waals surface area contributed by atoms with Crippen LogP contribution in [0.3, 0.4) is 0 Å². The molecule has 2 aromatic carbocycles. The maximum Gasteiger partial charge on any atom is 0.270 e. The molecule has 0 radical (unpaired) electrons. The lowest BCUT2D eigenvalue weighted by atomic mass is 9.91. The number of thiazole rings is 1. The number of benzene rings is 2. The zero-order valence-corrected chi connectivity index (χ0v) is 19.3. The molecule has 1 aromatic heterocycles. The van der Waals surface area contributed by atoms with Crippen molar-refractivity contribution in [1.29, 1.82) is 0 Å². The molecular weight excluding hydrogens is 465 g/mol. The van der Waals surface area contributed by atoms with E-state index in [-0.39, 0.29) is 36.3 Å². The molecule has 0 bridgehead atoms. The van der Waals surface area contributed by atoms with Gasteiger partial charge in [-0.2, -0.15) is 0 Å².